The number of benzene rings is 1. The smallest absolute Gasteiger partial charge is 0.157 e. The summed E-state index contributed by atoms with van der Waals surface area (Å²) < 4.78 is 2.24. The summed E-state index contributed by atoms with van der Waals surface area (Å²) in [4.78, 5) is 7.34. The number of piperidine rings is 1. The predicted octanol–water partition coefficient (Wildman–Crippen LogP) is 4.26. The summed E-state index contributed by atoms with van der Waals surface area (Å²) in [6, 6.07) is 10.7. The number of aliphatic hydroxyl groups excluding tert-OH is 1. The third kappa shape index (κ3) is 3.06. The first-order chi connectivity index (χ1) is 13.6. The van der Waals surface area contributed by atoms with Crippen molar-refractivity contribution >= 4 is 34.9 Å². The molecule has 29 heavy (non-hydrogen) atoms. The Morgan fingerprint density at radius 3 is 2.52 bits per heavy atom. The van der Waals surface area contributed by atoms with Crippen molar-refractivity contribution in [3.05, 3.63) is 41.0 Å². The Labute approximate surface area is 177 Å². The number of aliphatic hydroxyl groups is 1. The minimum Gasteiger partial charge on any atom is -0.396 e. The van der Waals surface area contributed by atoms with E-state index in [1.165, 1.54) is 23.4 Å². The molecular weight excluding hydrogens is 384 g/mol. The van der Waals surface area contributed by atoms with Crippen molar-refractivity contribution in [2.75, 3.05) is 24.6 Å². The molecule has 0 spiro atoms. The molecule has 0 bridgehead atoms. The number of fused-ring (bicyclic) bond motifs is 4. The van der Waals surface area contributed by atoms with Crippen molar-refractivity contribution in [1.29, 1.82) is 5.26 Å². The molecule has 6 heteroatoms. The highest BCUT2D eigenvalue weighted by Gasteiger charge is 2.33. The monoisotopic (exact) mass is 410 g/mol. The summed E-state index contributed by atoms with van der Waals surface area (Å²) in [6.07, 6.45) is 6.26. The minimum atomic E-state index is 0. The van der Waals surface area contributed by atoms with Crippen LogP contribution in [0.5, 0.6) is 0 Å². The van der Waals surface area contributed by atoms with Gasteiger partial charge in [0, 0.05) is 19.7 Å². The number of aromatic nitrogens is 2. The second-order valence-corrected chi connectivity index (χ2v) is 8.69. The van der Waals surface area contributed by atoms with Gasteiger partial charge in [-0.3, -0.25) is 4.40 Å². The van der Waals surface area contributed by atoms with Gasteiger partial charge in [0.2, 0.25) is 0 Å². The number of para-hydroxylation sites is 2. The van der Waals surface area contributed by atoms with Crippen LogP contribution in [0, 0.1) is 16.7 Å². The minimum absolute atomic E-state index is 0. The second-order valence-electron chi connectivity index (χ2n) is 8.69. The maximum absolute atomic E-state index is 9.97. The molecule has 2 aromatic heterocycles. The fraction of sp³-hybridized carbons (Fsp3) is 0.478. The molecule has 1 aliphatic heterocycles. The number of nitriles is 1. The first-order valence-electron chi connectivity index (χ1n) is 10.4. The van der Waals surface area contributed by atoms with Gasteiger partial charge in [-0.05, 0) is 67.2 Å². The lowest BCUT2D eigenvalue weighted by Gasteiger charge is -2.41. The number of rotatable bonds is 2. The van der Waals surface area contributed by atoms with Gasteiger partial charge in [-0.25, -0.2) is 4.98 Å². The molecular formula is C23H27ClN4O. The molecule has 0 amide bonds. The third-order valence-electron chi connectivity index (χ3n) is 6.80. The largest absolute Gasteiger partial charge is 0.396 e. The van der Waals surface area contributed by atoms with Crippen molar-refractivity contribution < 1.29 is 5.11 Å². The van der Waals surface area contributed by atoms with Gasteiger partial charge in [0.25, 0.3) is 0 Å². The van der Waals surface area contributed by atoms with Crippen LogP contribution in [0.25, 0.3) is 16.7 Å². The zero-order chi connectivity index (χ0) is 19.3. The van der Waals surface area contributed by atoms with E-state index in [4.69, 9.17) is 4.98 Å². The number of nitrogens with zero attached hydrogens (tertiary/aromatic N) is 4. The van der Waals surface area contributed by atoms with Crippen LogP contribution in [-0.4, -0.2) is 34.2 Å². The number of halogens is 1. The molecule has 0 saturated carbocycles. The maximum atomic E-state index is 9.97. The highest BCUT2D eigenvalue weighted by Crippen LogP contribution is 2.40. The quantitative estimate of drug-likeness (QED) is 0.685. The van der Waals surface area contributed by atoms with Gasteiger partial charge >= 0.3 is 0 Å². The second kappa shape index (κ2) is 7.51. The average molecular weight is 411 g/mol. The zero-order valence-corrected chi connectivity index (χ0v) is 17.6. The van der Waals surface area contributed by atoms with Gasteiger partial charge < -0.3 is 10.0 Å². The molecule has 5 nitrogen and oxygen atoms in total. The Balaban J connectivity index is 0.00000205. The van der Waals surface area contributed by atoms with E-state index >= 15 is 0 Å². The summed E-state index contributed by atoms with van der Waals surface area (Å²) in [5.41, 5.74) is 6.14. The van der Waals surface area contributed by atoms with E-state index in [2.05, 4.69) is 28.4 Å². The predicted molar refractivity (Wildman–Crippen MR) is 118 cm³/mol. The van der Waals surface area contributed by atoms with Crippen molar-refractivity contribution in [3.8, 4) is 6.07 Å². The molecule has 3 aromatic rings. The van der Waals surface area contributed by atoms with Crippen LogP contribution in [0.3, 0.4) is 0 Å². The maximum Gasteiger partial charge on any atom is 0.157 e. The summed E-state index contributed by atoms with van der Waals surface area (Å²) >= 11 is 0. The topological polar surface area (TPSA) is 64.6 Å². The van der Waals surface area contributed by atoms with Gasteiger partial charge in [-0.15, -0.1) is 12.4 Å². The third-order valence-corrected chi connectivity index (χ3v) is 6.80. The van der Waals surface area contributed by atoms with Gasteiger partial charge in [0.05, 0.1) is 16.6 Å². The molecule has 3 heterocycles. The van der Waals surface area contributed by atoms with Crippen molar-refractivity contribution in [1.82, 2.24) is 9.38 Å². The van der Waals surface area contributed by atoms with E-state index in [0.717, 1.165) is 67.4 Å². The van der Waals surface area contributed by atoms with Crippen LogP contribution in [0.15, 0.2) is 24.3 Å². The number of anilines is 1. The molecule has 2 aliphatic rings. The van der Waals surface area contributed by atoms with E-state index in [1.54, 1.807) is 0 Å². The number of hydrogen-bond acceptors (Lipinski definition) is 4. The van der Waals surface area contributed by atoms with Gasteiger partial charge in [0.15, 0.2) is 5.65 Å². The summed E-state index contributed by atoms with van der Waals surface area (Å²) in [5, 5.41) is 19.8. The molecule has 5 rings (SSSR count). The van der Waals surface area contributed by atoms with E-state index in [-0.39, 0.29) is 24.4 Å². The van der Waals surface area contributed by atoms with Crippen LogP contribution < -0.4 is 4.90 Å². The Bertz CT molecular complexity index is 1110. The zero-order valence-electron chi connectivity index (χ0n) is 16.8. The Hall–Kier alpha value is -2.29. The van der Waals surface area contributed by atoms with Crippen LogP contribution in [-0.2, 0) is 12.8 Å². The fourth-order valence-electron chi connectivity index (χ4n) is 4.97. The normalized spacial score (nSPS) is 18.3. The lowest BCUT2D eigenvalue weighted by atomic mass is 9.81. The van der Waals surface area contributed by atoms with Crippen molar-refractivity contribution in [2.24, 2.45) is 5.41 Å². The molecule has 0 radical (unpaired) electrons. The Morgan fingerprint density at radius 2 is 1.83 bits per heavy atom. The lowest BCUT2D eigenvalue weighted by molar-refractivity contribution is 0.114. The summed E-state index contributed by atoms with van der Waals surface area (Å²) in [7, 11) is 0. The SMILES string of the molecule is CC1(CO)CCN(c2c3c(c(C#N)c4nc5ccccc5n24)CCCC3)CC1.Cl. The number of hydrogen-bond donors (Lipinski definition) is 1. The molecule has 1 saturated heterocycles. The first-order valence-corrected chi connectivity index (χ1v) is 10.4. The van der Waals surface area contributed by atoms with Gasteiger partial charge in [-0.1, -0.05) is 19.1 Å². The lowest BCUT2D eigenvalue weighted by Crippen LogP contribution is -2.42. The van der Waals surface area contributed by atoms with Crippen LogP contribution >= 0.6 is 12.4 Å². The summed E-state index contributed by atoms with van der Waals surface area (Å²) in [5.74, 6) is 1.23. The number of imidazole rings is 1. The molecule has 152 valence electrons. The van der Waals surface area contributed by atoms with Crippen LogP contribution in [0.1, 0.15) is 49.3 Å². The molecule has 1 fully saturated rings. The van der Waals surface area contributed by atoms with Crippen LogP contribution in [0.4, 0.5) is 5.82 Å². The van der Waals surface area contributed by atoms with Gasteiger partial charge in [-0.2, -0.15) is 5.26 Å². The van der Waals surface area contributed by atoms with Crippen molar-refractivity contribution in [2.45, 2.75) is 45.4 Å². The van der Waals surface area contributed by atoms with Crippen molar-refractivity contribution in [3.63, 3.8) is 0 Å². The molecule has 1 aliphatic carbocycles. The fourth-order valence-corrected chi connectivity index (χ4v) is 4.97. The first kappa shape index (κ1) is 20.0. The van der Waals surface area contributed by atoms with Gasteiger partial charge in [0.1, 0.15) is 11.9 Å². The average Bonchev–Trinajstić information content (AvgIpc) is 3.12. The molecule has 1 N–H and O–H groups in total. The highest BCUT2D eigenvalue weighted by atomic mass is 35.5. The van der Waals surface area contributed by atoms with E-state index in [1.807, 2.05) is 18.2 Å². The van der Waals surface area contributed by atoms with Crippen LogP contribution in [0.2, 0.25) is 0 Å². The highest BCUT2D eigenvalue weighted by molar-refractivity contribution is 5.86. The summed E-state index contributed by atoms with van der Waals surface area (Å²) in [6.45, 7) is 4.28. The molecule has 0 atom stereocenters. The standard InChI is InChI=1S/C23H26N4O.ClH/c1-23(15-28)10-12-26(13-11-23)22-17-7-3-2-6-16(17)18(14-24)21-25-19-8-4-5-9-20(19)27(21)22;/h4-5,8-9,28H,2-3,6-7,10-13,15H2,1H3;1H. The van der Waals surface area contributed by atoms with E-state index in [9.17, 15) is 10.4 Å². The van der Waals surface area contributed by atoms with E-state index in [0.29, 0.717) is 0 Å². The van der Waals surface area contributed by atoms with E-state index < -0.39 is 0 Å². The Kier molecular flexibility index (Phi) is 5.18. The molecule has 1 aromatic carbocycles. The Morgan fingerprint density at radius 1 is 1.14 bits per heavy atom. The molecule has 0 unspecified atom stereocenters. The number of pyridine rings is 1.